The highest BCUT2D eigenvalue weighted by Crippen LogP contribution is 2.32. The first-order valence-corrected chi connectivity index (χ1v) is 6.95. The second kappa shape index (κ2) is 4.50. The van der Waals surface area contributed by atoms with Gasteiger partial charge >= 0.3 is 0 Å². The zero-order valence-electron chi connectivity index (χ0n) is 9.30. The Morgan fingerprint density at radius 2 is 2.25 bits per heavy atom. The summed E-state index contributed by atoms with van der Waals surface area (Å²) < 4.78 is 2.09. The van der Waals surface area contributed by atoms with E-state index in [4.69, 9.17) is 0 Å². The number of pyridine rings is 1. The molecule has 0 atom stereocenters. The summed E-state index contributed by atoms with van der Waals surface area (Å²) >= 11 is 1.99. The molecule has 2 heterocycles. The van der Waals surface area contributed by atoms with Gasteiger partial charge in [0.25, 0.3) is 0 Å². The highest BCUT2D eigenvalue weighted by atomic mass is 32.2. The molecule has 0 saturated heterocycles. The zero-order chi connectivity index (χ0) is 10.8. The third-order valence-electron chi connectivity index (χ3n) is 3.36. The summed E-state index contributed by atoms with van der Waals surface area (Å²) in [6.07, 6.45) is 11.6. The Hall–Kier alpha value is -0.960. The summed E-state index contributed by atoms with van der Waals surface area (Å²) in [5, 5.41) is 0. The second-order valence-corrected chi connectivity index (χ2v) is 5.58. The van der Waals surface area contributed by atoms with E-state index in [1.165, 1.54) is 41.8 Å². The smallest absolute Gasteiger partial charge is 0.0992 e. The molecule has 1 aliphatic rings. The van der Waals surface area contributed by atoms with Gasteiger partial charge in [-0.3, -0.25) is 0 Å². The van der Waals surface area contributed by atoms with Gasteiger partial charge in [-0.25, -0.2) is 4.98 Å². The molecule has 1 aliphatic carbocycles. The minimum absolute atomic E-state index is 0.938. The van der Waals surface area contributed by atoms with E-state index in [9.17, 15) is 0 Å². The molecular formula is C13H16N2S. The zero-order valence-corrected chi connectivity index (χ0v) is 10.1. The SMILES string of the molecule is c1cc(SCC2CCCC2)c2cncn2c1. The maximum Gasteiger partial charge on any atom is 0.0992 e. The van der Waals surface area contributed by atoms with Crippen LogP contribution in [0.5, 0.6) is 0 Å². The molecule has 0 bridgehead atoms. The molecule has 16 heavy (non-hydrogen) atoms. The largest absolute Gasteiger partial charge is 0.305 e. The van der Waals surface area contributed by atoms with Crippen molar-refractivity contribution in [3.05, 3.63) is 30.9 Å². The second-order valence-electron chi connectivity index (χ2n) is 4.52. The molecule has 2 aromatic rings. The first-order chi connectivity index (χ1) is 7.93. The lowest BCUT2D eigenvalue weighted by Crippen LogP contribution is -1.96. The van der Waals surface area contributed by atoms with E-state index in [0.29, 0.717) is 0 Å². The van der Waals surface area contributed by atoms with Gasteiger partial charge in [0, 0.05) is 16.8 Å². The highest BCUT2D eigenvalue weighted by Gasteiger charge is 2.15. The normalized spacial score (nSPS) is 17.2. The van der Waals surface area contributed by atoms with E-state index in [1.807, 2.05) is 24.3 Å². The van der Waals surface area contributed by atoms with Gasteiger partial charge in [-0.05, 0) is 30.9 Å². The molecule has 0 aliphatic heterocycles. The molecule has 0 amide bonds. The summed E-state index contributed by atoms with van der Waals surface area (Å²) in [5.74, 6) is 2.21. The average Bonchev–Trinajstić information content (AvgIpc) is 2.97. The maximum absolute atomic E-state index is 4.19. The van der Waals surface area contributed by atoms with Gasteiger partial charge in [0.1, 0.15) is 0 Å². The molecule has 0 unspecified atom stereocenters. The van der Waals surface area contributed by atoms with Crippen LogP contribution in [0, 0.1) is 5.92 Å². The van der Waals surface area contributed by atoms with Crippen LogP contribution in [-0.4, -0.2) is 15.1 Å². The first kappa shape index (κ1) is 10.2. The number of thioether (sulfide) groups is 1. The fourth-order valence-electron chi connectivity index (χ4n) is 2.43. The van der Waals surface area contributed by atoms with Crippen LogP contribution in [0.25, 0.3) is 5.52 Å². The van der Waals surface area contributed by atoms with E-state index in [0.717, 1.165) is 5.92 Å². The van der Waals surface area contributed by atoms with Crippen molar-refractivity contribution in [2.45, 2.75) is 30.6 Å². The minimum atomic E-state index is 0.938. The Labute approximate surface area is 100 Å². The maximum atomic E-state index is 4.19. The number of rotatable bonds is 3. The van der Waals surface area contributed by atoms with Crippen molar-refractivity contribution >= 4 is 17.3 Å². The van der Waals surface area contributed by atoms with Crippen LogP contribution in [0.3, 0.4) is 0 Å². The lowest BCUT2D eigenvalue weighted by Gasteiger charge is -2.08. The number of fused-ring (bicyclic) bond motifs is 1. The van der Waals surface area contributed by atoms with Crippen molar-refractivity contribution in [3.8, 4) is 0 Å². The molecule has 84 valence electrons. The van der Waals surface area contributed by atoms with E-state index in [2.05, 4.69) is 27.7 Å². The van der Waals surface area contributed by atoms with E-state index < -0.39 is 0 Å². The Bertz CT molecular complexity index is 471. The quantitative estimate of drug-likeness (QED) is 0.752. The van der Waals surface area contributed by atoms with Crippen LogP contribution in [-0.2, 0) is 0 Å². The molecule has 0 spiro atoms. The molecule has 2 nitrogen and oxygen atoms in total. The predicted octanol–water partition coefficient (Wildman–Crippen LogP) is 3.62. The number of nitrogens with zero attached hydrogens (tertiary/aromatic N) is 2. The van der Waals surface area contributed by atoms with Gasteiger partial charge in [0.05, 0.1) is 18.0 Å². The molecule has 0 radical (unpaired) electrons. The fourth-order valence-corrected chi connectivity index (χ4v) is 3.66. The predicted molar refractivity (Wildman–Crippen MR) is 67.9 cm³/mol. The Kier molecular flexibility index (Phi) is 2.87. The topological polar surface area (TPSA) is 17.3 Å². The number of aromatic nitrogens is 2. The van der Waals surface area contributed by atoms with Crippen LogP contribution in [0.1, 0.15) is 25.7 Å². The van der Waals surface area contributed by atoms with Crippen molar-refractivity contribution in [3.63, 3.8) is 0 Å². The molecule has 2 aromatic heterocycles. The first-order valence-electron chi connectivity index (χ1n) is 5.97. The average molecular weight is 232 g/mol. The number of imidazole rings is 1. The van der Waals surface area contributed by atoms with Crippen LogP contribution in [0.4, 0.5) is 0 Å². The third-order valence-corrected chi connectivity index (χ3v) is 4.66. The van der Waals surface area contributed by atoms with E-state index in [-0.39, 0.29) is 0 Å². The lowest BCUT2D eigenvalue weighted by molar-refractivity contribution is 0.623. The van der Waals surface area contributed by atoms with Crippen molar-refractivity contribution in [1.82, 2.24) is 9.38 Å². The molecule has 1 fully saturated rings. The van der Waals surface area contributed by atoms with Crippen molar-refractivity contribution < 1.29 is 0 Å². The van der Waals surface area contributed by atoms with Gasteiger partial charge in [-0.15, -0.1) is 11.8 Å². The van der Waals surface area contributed by atoms with Gasteiger partial charge < -0.3 is 4.40 Å². The Morgan fingerprint density at radius 3 is 3.12 bits per heavy atom. The molecule has 0 N–H and O–H groups in total. The Balaban J connectivity index is 1.75. The lowest BCUT2D eigenvalue weighted by atomic mass is 10.1. The summed E-state index contributed by atoms with van der Waals surface area (Å²) in [4.78, 5) is 5.56. The summed E-state index contributed by atoms with van der Waals surface area (Å²) in [6, 6.07) is 4.31. The monoisotopic (exact) mass is 232 g/mol. The molecule has 3 rings (SSSR count). The molecule has 1 saturated carbocycles. The third kappa shape index (κ3) is 1.96. The summed E-state index contributed by atoms with van der Waals surface area (Å²) in [7, 11) is 0. The van der Waals surface area contributed by atoms with Crippen molar-refractivity contribution in [2.75, 3.05) is 5.75 Å². The van der Waals surface area contributed by atoms with E-state index in [1.54, 1.807) is 0 Å². The van der Waals surface area contributed by atoms with Crippen LogP contribution in [0.15, 0.2) is 35.7 Å². The van der Waals surface area contributed by atoms with Gasteiger partial charge in [-0.2, -0.15) is 0 Å². The van der Waals surface area contributed by atoms with Gasteiger partial charge in [-0.1, -0.05) is 12.8 Å². The minimum Gasteiger partial charge on any atom is -0.305 e. The summed E-state index contributed by atoms with van der Waals surface area (Å²) in [5.41, 5.74) is 1.24. The van der Waals surface area contributed by atoms with Crippen molar-refractivity contribution in [2.24, 2.45) is 5.92 Å². The van der Waals surface area contributed by atoms with Crippen LogP contribution < -0.4 is 0 Å². The molecule has 0 aromatic carbocycles. The van der Waals surface area contributed by atoms with E-state index >= 15 is 0 Å². The van der Waals surface area contributed by atoms with Gasteiger partial charge in [0.2, 0.25) is 0 Å². The standard InChI is InChI=1S/C13H16N2S/c1-2-5-11(4-1)9-16-13-6-3-7-15-10-14-8-12(13)15/h3,6-8,10-11H,1-2,4-5,9H2. The fraction of sp³-hybridized carbons (Fsp3) is 0.462. The van der Waals surface area contributed by atoms with Gasteiger partial charge in [0.15, 0.2) is 0 Å². The number of hydrogen-bond acceptors (Lipinski definition) is 2. The Morgan fingerprint density at radius 1 is 1.38 bits per heavy atom. The van der Waals surface area contributed by atoms with Crippen LogP contribution >= 0.6 is 11.8 Å². The number of hydrogen-bond donors (Lipinski definition) is 0. The highest BCUT2D eigenvalue weighted by molar-refractivity contribution is 7.99. The molecule has 3 heteroatoms. The molecular weight excluding hydrogens is 216 g/mol. The van der Waals surface area contributed by atoms with Crippen LogP contribution in [0.2, 0.25) is 0 Å². The van der Waals surface area contributed by atoms with Crippen molar-refractivity contribution in [1.29, 1.82) is 0 Å². The summed E-state index contributed by atoms with van der Waals surface area (Å²) in [6.45, 7) is 0.